The van der Waals surface area contributed by atoms with Crippen LogP contribution in [-0.2, 0) is 19.3 Å². The van der Waals surface area contributed by atoms with Crippen molar-refractivity contribution in [2.24, 2.45) is 0 Å². The van der Waals surface area contributed by atoms with Crippen LogP contribution >= 0.6 is 0 Å². The second-order valence-electron chi connectivity index (χ2n) is 10.1. The van der Waals surface area contributed by atoms with E-state index in [1.807, 2.05) is 0 Å². The lowest BCUT2D eigenvalue weighted by molar-refractivity contribution is 1.10. The fraction of sp³-hybridized carbons (Fsp3) is 0.125. The fourth-order valence-corrected chi connectivity index (χ4v) is 7.15. The fourth-order valence-electron chi connectivity index (χ4n) is 7.15. The molecule has 0 N–H and O–H groups in total. The van der Waals surface area contributed by atoms with E-state index in [2.05, 4.69) is 91.9 Å². The smallest absolute Gasteiger partial charge is 0.0617 e. The number of aryl methyl sites for hydroxylation is 1. The summed E-state index contributed by atoms with van der Waals surface area (Å²) in [5, 5.41) is 2.73. The predicted molar refractivity (Wildman–Crippen MR) is 140 cm³/mol. The van der Waals surface area contributed by atoms with Crippen molar-refractivity contribution >= 4 is 33.9 Å². The minimum Gasteiger partial charge on any atom is -0.0617 e. The lowest BCUT2D eigenvalue weighted by atomic mass is 9.28. The quantitative estimate of drug-likeness (QED) is 0.328. The molecule has 5 aromatic rings. The Labute approximate surface area is 195 Å². The predicted octanol–water partition coefficient (Wildman–Crippen LogP) is 5.04. The summed E-state index contributed by atoms with van der Waals surface area (Å²) >= 11 is 0. The van der Waals surface area contributed by atoms with Crippen LogP contribution < -0.4 is 16.4 Å². The molecule has 3 aliphatic rings. The van der Waals surface area contributed by atoms with Crippen LogP contribution in [0.4, 0.5) is 0 Å². The Kier molecular flexibility index (Phi) is 3.40. The number of rotatable bonds is 1. The highest BCUT2D eigenvalue weighted by molar-refractivity contribution is 6.98. The first kappa shape index (κ1) is 17.9. The molecule has 3 heterocycles. The topological polar surface area (TPSA) is 0 Å². The summed E-state index contributed by atoms with van der Waals surface area (Å²) in [6.07, 6.45) is 3.18. The molecular formula is C32H23B. The van der Waals surface area contributed by atoms with Crippen LogP contribution in [0.15, 0.2) is 84.9 Å². The first-order chi connectivity index (χ1) is 16.3. The standard InChI is InChI=1S/C32H23B/c1-19-6-2-7-20-8-5-13-27(29(19)20)26-15-14-25-17-23-10-3-9-21-16-22-11-4-12-24-18-28(26)32(25)33(30(21)23)31(22)24/h2-15H,16-18H2,1H3. The summed E-state index contributed by atoms with van der Waals surface area (Å²) in [6.45, 7) is 2.65. The van der Waals surface area contributed by atoms with E-state index < -0.39 is 0 Å². The molecule has 0 fully saturated rings. The molecule has 154 valence electrons. The van der Waals surface area contributed by atoms with Gasteiger partial charge in [-0.3, -0.25) is 0 Å². The van der Waals surface area contributed by atoms with E-state index in [0.717, 1.165) is 19.3 Å². The van der Waals surface area contributed by atoms with Crippen molar-refractivity contribution in [2.75, 3.05) is 0 Å². The monoisotopic (exact) mass is 418 g/mol. The molecule has 0 aromatic heterocycles. The largest absolute Gasteiger partial charge is 0.243 e. The van der Waals surface area contributed by atoms with Gasteiger partial charge in [-0.1, -0.05) is 101 Å². The van der Waals surface area contributed by atoms with Crippen LogP contribution in [0.25, 0.3) is 21.9 Å². The molecular weight excluding hydrogens is 395 g/mol. The highest BCUT2D eigenvalue weighted by atomic mass is 14.3. The second kappa shape index (κ2) is 6.26. The van der Waals surface area contributed by atoms with Gasteiger partial charge < -0.3 is 0 Å². The zero-order valence-corrected chi connectivity index (χ0v) is 18.8. The van der Waals surface area contributed by atoms with Gasteiger partial charge in [-0.25, -0.2) is 0 Å². The molecule has 0 amide bonds. The highest BCUT2D eigenvalue weighted by Crippen LogP contribution is 2.37. The minimum absolute atomic E-state index is 0.402. The van der Waals surface area contributed by atoms with Crippen molar-refractivity contribution in [1.82, 2.24) is 0 Å². The maximum absolute atomic E-state index is 2.43. The van der Waals surface area contributed by atoms with E-state index >= 15 is 0 Å². The SMILES string of the molecule is Cc1cccc2cccc(-c3ccc4c5c3Cc3cccc6c3B5c3c(cccc3C4)C6)c12. The Morgan fingerprint density at radius 1 is 0.515 bits per heavy atom. The molecule has 0 aliphatic carbocycles. The third-order valence-corrected chi connectivity index (χ3v) is 8.42. The molecule has 0 saturated carbocycles. The Bertz CT molecular complexity index is 1620. The van der Waals surface area contributed by atoms with Crippen molar-refractivity contribution in [3.8, 4) is 11.1 Å². The highest BCUT2D eigenvalue weighted by Gasteiger charge is 2.42. The summed E-state index contributed by atoms with van der Waals surface area (Å²) in [4.78, 5) is 0. The van der Waals surface area contributed by atoms with Crippen molar-refractivity contribution in [3.63, 3.8) is 0 Å². The van der Waals surface area contributed by atoms with Crippen LogP contribution in [0.3, 0.4) is 0 Å². The zero-order chi connectivity index (χ0) is 21.7. The molecule has 33 heavy (non-hydrogen) atoms. The normalized spacial score (nSPS) is 14.4. The Balaban J connectivity index is 1.48. The van der Waals surface area contributed by atoms with E-state index in [9.17, 15) is 0 Å². The number of benzene rings is 5. The van der Waals surface area contributed by atoms with E-state index in [-0.39, 0.29) is 0 Å². The molecule has 0 saturated heterocycles. The third-order valence-electron chi connectivity index (χ3n) is 8.42. The van der Waals surface area contributed by atoms with E-state index in [1.165, 1.54) is 55.3 Å². The Morgan fingerprint density at radius 2 is 1.09 bits per heavy atom. The summed E-state index contributed by atoms with van der Waals surface area (Å²) in [5.74, 6) is 0. The van der Waals surface area contributed by atoms with Gasteiger partial charge in [0.25, 0.3) is 0 Å². The third kappa shape index (κ3) is 2.27. The van der Waals surface area contributed by atoms with E-state index in [0.29, 0.717) is 6.71 Å². The van der Waals surface area contributed by atoms with Gasteiger partial charge in [0, 0.05) is 0 Å². The average molecular weight is 418 g/mol. The zero-order valence-electron chi connectivity index (χ0n) is 18.8. The van der Waals surface area contributed by atoms with Gasteiger partial charge in [0.2, 0.25) is 6.71 Å². The molecule has 3 aliphatic heterocycles. The molecule has 0 bridgehead atoms. The molecule has 0 spiro atoms. The maximum atomic E-state index is 2.43. The van der Waals surface area contributed by atoms with Crippen LogP contribution in [0.5, 0.6) is 0 Å². The van der Waals surface area contributed by atoms with Crippen LogP contribution in [0.2, 0.25) is 0 Å². The minimum atomic E-state index is 0.402. The molecule has 0 radical (unpaired) electrons. The van der Waals surface area contributed by atoms with Crippen molar-refractivity contribution in [3.05, 3.63) is 124 Å². The summed E-state index contributed by atoms with van der Waals surface area (Å²) in [5.41, 5.74) is 18.2. The second-order valence-corrected chi connectivity index (χ2v) is 10.1. The van der Waals surface area contributed by atoms with Crippen LogP contribution in [0, 0.1) is 6.92 Å². The van der Waals surface area contributed by atoms with Gasteiger partial charge in [-0.05, 0) is 87.0 Å². The first-order valence-electron chi connectivity index (χ1n) is 12.1. The van der Waals surface area contributed by atoms with Gasteiger partial charge in [0.1, 0.15) is 0 Å². The van der Waals surface area contributed by atoms with Gasteiger partial charge in [-0.15, -0.1) is 0 Å². The summed E-state index contributed by atoms with van der Waals surface area (Å²) in [7, 11) is 0. The average Bonchev–Trinajstić information content (AvgIpc) is 2.84. The molecule has 1 heteroatoms. The number of hydrogen-bond donors (Lipinski definition) is 0. The van der Waals surface area contributed by atoms with E-state index in [1.54, 1.807) is 22.0 Å². The summed E-state index contributed by atoms with van der Waals surface area (Å²) < 4.78 is 0. The Morgan fingerprint density at radius 3 is 1.79 bits per heavy atom. The Hall–Kier alpha value is -3.58. The lowest BCUT2D eigenvalue weighted by Gasteiger charge is -2.40. The molecule has 8 rings (SSSR count). The van der Waals surface area contributed by atoms with Gasteiger partial charge in [0.05, 0.1) is 0 Å². The van der Waals surface area contributed by atoms with Crippen molar-refractivity contribution in [2.45, 2.75) is 26.2 Å². The molecule has 0 nitrogen and oxygen atoms in total. The van der Waals surface area contributed by atoms with Crippen molar-refractivity contribution < 1.29 is 0 Å². The summed E-state index contributed by atoms with van der Waals surface area (Å²) in [6, 6.07) is 32.4. The van der Waals surface area contributed by atoms with Crippen LogP contribution in [-0.4, -0.2) is 6.71 Å². The van der Waals surface area contributed by atoms with Crippen molar-refractivity contribution in [1.29, 1.82) is 0 Å². The number of hydrogen-bond acceptors (Lipinski definition) is 0. The van der Waals surface area contributed by atoms with Gasteiger partial charge in [-0.2, -0.15) is 0 Å². The molecule has 0 atom stereocenters. The van der Waals surface area contributed by atoms with Gasteiger partial charge >= 0.3 is 0 Å². The van der Waals surface area contributed by atoms with Gasteiger partial charge in [0.15, 0.2) is 0 Å². The molecule has 0 unspecified atom stereocenters. The maximum Gasteiger partial charge on any atom is 0.243 e. The lowest BCUT2D eigenvalue weighted by Crippen LogP contribution is -2.64. The van der Waals surface area contributed by atoms with E-state index in [4.69, 9.17) is 0 Å². The first-order valence-corrected chi connectivity index (χ1v) is 12.1. The van der Waals surface area contributed by atoms with Crippen LogP contribution in [0.1, 0.15) is 38.9 Å². The number of fused-ring (bicyclic) bond motifs is 1. The molecule has 5 aromatic carbocycles.